The Morgan fingerprint density at radius 3 is 2.29 bits per heavy atom. The van der Waals surface area contributed by atoms with Gasteiger partial charge in [-0.1, -0.05) is 72.8 Å². The van der Waals surface area contributed by atoms with Crippen LogP contribution in [0.1, 0.15) is 27.0 Å². The minimum Gasteiger partial charge on any atom is -0.489 e. The molecule has 38 heavy (non-hydrogen) atoms. The maximum Gasteiger partial charge on any atom is 0.335 e. The van der Waals surface area contributed by atoms with Crippen LogP contribution in [0, 0.1) is 0 Å². The van der Waals surface area contributed by atoms with Gasteiger partial charge in [0.25, 0.3) is 5.91 Å². The zero-order valence-electron chi connectivity index (χ0n) is 20.4. The van der Waals surface area contributed by atoms with Crippen molar-refractivity contribution in [1.82, 2.24) is 4.90 Å². The first kappa shape index (κ1) is 25.0. The highest BCUT2D eigenvalue weighted by atomic mass is 32.2. The van der Waals surface area contributed by atoms with Crippen molar-refractivity contribution in [2.24, 2.45) is 4.99 Å². The lowest BCUT2D eigenvalue weighted by Crippen LogP contribution is -2.28. The molecular weight excluding hydrogens is 496 g/mol. The van der Waals surface area contributed by atoms with Crippen molar-refractivity contribution in [2.75, 3.05) is 0 Å². The average molecular weight is 521 g/mol. The monoisotopic (exact) mass is 520 g/mol. The standard InChI is InChI=1S/C31H24N2O4S/c34-29-28(19-24-10-7-13-27(18-24)37-21-23-8-3-1-4-9-23)38-31(32-26-11-5-2-6-12-26)33(29)20-22-14-16-25(17-15-22)30(35)36/h1-19H,20-21H2,(H,35,36)/b28-19-,32-31?. The number of aliphatic imine (C=N–C) groups is 1. The van der Waals surface area contributed by atoms with Crippen LogP contribution >= 0.6 is 11.8 Å². The molecular formula is C31H24N2O4S. The highest BCUT2D eigenvalue weighted by molar-refractivity contribution is 8.18. The first-order chi connectivity index (χ1) is 18.5. The molecule has 1 saturated heterocycles. The molecule has 1 N–H and O–H groups in total. The van der Waals surface area contributed by atoms with Crippen LogP contribution in [0.25, 0.3) is 6.08 Å². The van der Waals surface area contributed by atoms with E-state index in [9.17, 15) is 14.7 Å². The summed E-state index contributed by atoms with van der Waals surface area (Å²) in [6, 6.07) is 33.6. The van der Waals surface area contributed by atoms with Gasteiger partial charge in [-0.2, -0.15) is 0 Å². The Bertz CT molecular complexity index is 1500. The van der Waals surface area contributed by atoms with Gasteiger partial charge in [0.15, 0.2) is 5.17 Å². The molecule has 1 aliphatic rings. The lowest BCUT2D eigenvalue weighted by Gasteiger charge is -2.16. The van der Waals surface area contributed by atoms with Gasteiger partial charge in [0.2, 0.25) is 0 Å². The third kappa shape index (κ3) is 6.19. The Morgan fingerprint density at radius 2 is 1.58 bits per heavy atom. The van der Waals surface area contributed by atoms with E-state index in [1.165, 1.54) is 23.9 Å². The third-order valence-electron chi connectivity index (χ3n) is 5.81. The number of benzene rings is 4. The number of hydrogen-bond donors (Lipinski definition) is 1. The normalized spacial score (nSPS) is 15.3. The van der Waals surface area contributed by atoms with Gasteiger partial charge < -0.3 is 9.84 Å². The van der Waals surface area contributed by atoms with E-state index in [1.807, 2.05) is 91.0 Å². The van der Waals surface area contributed by atoms with E-state index in [4.69, 9.17) is 9.73 Å². The van der Waals surface area contributed by atoms with Crippen molar-refractivity contribution < 1.29 is 19.4 Å². The molecule has 0 aromatic heterocycles. The van der Waals surface area contributed by atoms with E-state index in [2.05, 4.69) is 0 Å². The number of amidine groups is 1. The number of hydrogen-bond acceptors (Lipinski definition) is 5. The van der Waals surface area contributed by atoms with Crippen LogP contribution in [0.4, 0.5) is 5.69 Å². The third-order valence-corrected chi connectivity index (χ3v) is 6.82. The zero-order chi connectivity index (χ0) is 26.3. The molecule has 188 valence electrons. The number of para-hydroxylation sites is 1. The number of carbonyl (C=O) groups excluding carboxylic acids is 1. The summed E-state index contributed by atoms with van der Waals surface area (Å²) >= 11 is 1.31. The molecule has 4 aromatic rings. The van der Waals surface area contributed by atoms with Crippen molar-refractivity contribution in [1.29, 1.82) is 0 Å². The number of carboxylic acid groups (broad SMARTS) is 1. The second kappa shape index (κ2) is 11.6. The summed E-state index contributed by atoms with van der Waals surface area (Å²) in [6.45, 7) is 0.728. The van der Waals surface area contributed by atoms with Crippen molar-refractivity contribution in [3.63, 3.8) is 0 Å². The number of carboxylic acids is 1. The summed E-state index contributed by atoms with van der Waals surface area (Å²) in [5.74, 6) is -0.439. The predicted molar refractivity (Wildman–Crippen MR) is 150 cm³/mol. The number of carbonyl (C=O) groups is 2. The SMILES string of the molecule is O=C(O)c1ccc(CN2C(=O)/C(=C/c3cccc(OCc4ccccc4)c3)SC2=Nc2ccccc2)cc1. The second-order valence-electron chi connectivity index (χ2n) is 8.58. The van der Waals surface area contributed by atoms with E-state index in [-0.39, 0.29) is 18.0 Å². The lowest BCUT2D eigenvalue weighted by atomic mass is 10.1. The topological polar surface area (TPSA) is 79.2 Å². The fraction of sp³-hybridized carbons (Fsp3) is 0.0645. The van der Waals surface area contributed by atoms with Crippen LogP contribution < -0.4 is 4.74 Å². The quantitative estimate of drug-likeness (QED) is 0.260. The molecule has 0 unspecified atom stereocenters. The van der Waals surface area contributed by atoms with E-state index in [0.29, 0.717) is 22.4 Å². The van der Waals surface area contributed by atoms with E-state index >= 15 is 0 Å². The largest absolute Gasteiger partial charge is 0.489 e. The van der Waals surface area contributed by atoms with Gasteiger partial charge in [0.05, 0.1) is 22.7 Å². The Morgan fingerprint density at radius 1 is 0.868 bits per heavy atom. The first-order valence-corrected chi connectivity index (χ1v) is 12.8. The average Bonchev–Trinajstić information content (AvgIpc) is 3.22. The maximum atomic E-state index is 13.5. The van der Waals surface area contributed by atoms with Gasteiger partial charge >= 0.3 is 5.97 Å². The molecule has 1 aliphatic heterocycles. The smallest absolute Gasteiger partial charge is 0.335 e. The molecule has 0 aliphatic carbocycles. The van der Waals surface area contributed by atoms with Gasteiger partial charge in [-0.15, -0.1) is 0 Å². The van der Waals surface area contributed by atoms with Gasteiger partial charge in [-0.25, -0.2) is 9.79 Å². The van der Waals surface area contributed by atoms with Crippen LogP contribution in [0.2, 0.25) is 0 Å². The van der Waals surface area contributed by atoms with E-state index < -0.39 is 5.97 Å². The van der Waals surface area contributed by atoms with Crippen LogP contribution in [0.3, 0.4) is 0 Å². The van der Waals surface area contributed by atoms with Crippen LogP contribution in [-0.4, -0.2) is 27.1 Å². The van der Waals surface area contributed by atoms with Crippen molar-refractivity contribution in [3.8, 4) is 5.75 Å². The van der Waals surface area contributed by atoms with Gasteiger partial charge in [0.1, 0.15) is 12.4 Å². The van der Waals surface area contributed by atoms with Gasteiger partial charge in [0, 0.05) is 0 Å². The molecule has 1 fully saturated rings. The highest BCUT2D eigenvalue weighted by Gasteiger charge is 2.33. The molecule has 0 spiro atoms. The Hall–Kier alpha value is -4.62. The first-order valence-electron chi connectivity index (χ1n) is 12.0. The minimum atomic E-state index is -0.990. The summed E-state index contributed by atoms with van der Waals surface area (Å²) in [6.07, 6.45) is 1.84. The van der Waals surface area contributed by atoms with Gasteiger partial charge in [-0.3, -0.25) is 9.69 Å². The lowest BCUT2D eigenvalue weighted by molar-refractivity contribution is -0.122. The molecule has 5 rings (SSSR count). The number of rotatable bonds is 8. The van der Waals surface area contributed by atoms with Crippen molar-refractivity contribution >= 4 is 40.6 Å². The molecule has 0 bridgehead atoms. The minimum absolute atomic E-state index is 0.164. The van der Waals surface area contributed by atoms with Crippen molar-refractivity contribution in [2.45, 2.75) is 13.2 Å². The molecule has 7 heteroatoms. The number of thioether (sulfide) groups is 1. The molecule has 6 nitrogen and oxygen atoms in total. The Kier molecular flexibility index (Phi) is 7.66. The Balaban J connectivity index is 1.39. The maximum absolute atomic E-state index is 13.5. The number of nitrogens with zero attached hydrogens (tertiary/aromatic N) is 2. The van der Waals surface area contributed by atoms with Crippen LogP contribution in [0.15, 0.2) is 119 Å². The van der Waals surface area contributed by atoms with Crippen molar-refractivity contribution in [3.05, 3.63) is 136 Å². The molecule has 0 atom stereocenters. The summed E-state index contributed by atoms with van der Waals surface area (Å²) in [7, 11) is 0. The summed E-state index contributed by atoms with van der Waals surface area (Å²) < 4.78 is 5.95. The summed E-state index contributed by atoms with van der Waals surface area (Å²) in [4.78, 5) is 31.6. The van der Waals surface area contributed by atoms with E-state index in [1.54, 1.807) is 17.0 Å². The van der Waals surface area contributed by atoms with Crippen LogP contribution in [0.5, 0.6) is 5.75 Å². The predicted octanol–water partition coefficient (Wildman–Crippen LogP) is 6.77. The zero-order valence-corrected chi connectivity index (χ0v) is 21.2. The summed E-state index contributed by atoms with van der Waals surface area (Å²) in [5.41, 5.74) is 3.67. The molecule has 0 saturated carbocycles. The second-order valence-corrected chi connectivity index (χ2v) is 9.59. The number of ether oxygens (including phenoxy) is 1. The molecule has 4 aromatic carbocycles. The summed E-state index contributed by atoms with van der Waals surface area (Å²) in [5, 5.41) is 9.75. The fourth-order valence-electron chi connectivity index (χ4n) is 3.87. The van der Waals surface area contributed by atoms with Crippen LogP contribution in [-0.2, 0) is 17.9 Å². The van der Waals surface area contributed by atoms with E-state index in [0.717, 1.165) is 22.4 Å². The number of amides is 1. The fourth-order valence-corrected chi connectivity index (χ4v) is 4.86. The van der Waals surface area contributed by atoms with Gasteiger partial charge in [-0.05, 0) is 70.9 Å². The molecule has 1 heterocycles. The number of aromatic carboxylic acids is 1. The molecule has 1 amide bonds. The molecule has 0 radical (unpaired) electrons. The Labute approximate surface area is 224 Å². The highest BCUT2D eigenvalue weighted by Crippen LogP contribution is 2.35.